The molecule has 6 aromatic rings. The fourth-order valence-corrected chi connectivity index (χ4v) is 5.88. The van der Waals surface area contributed by atoms with Crippen molar-refractivity contribution in [2.75, 3.05) is 18.9 Å². The number of rotatable bonds is 13. The highest BCUT2D eigenvalue weighted by molar-refractivity contribution is 6.05. The van der Waals surface area contributed by atoms with Crippen molar-refractivity contribution in [1.82, 2.24) is 19.9 Å². The van der Waals surface area contributed by atoms with Crippen molar-refractivity contribution in [2.24, 2.45) is 0 Å². The highest BCUT2D eigenvalue weighted by Gasteiger charge is 2.14. The smallest absolute Gasteiger partial charge is 0.277 e. The summed E-state index contributed by atoms with van der Waals surface area (Å²) in [7, 11) is 1.97. The number of aryl methyl sites for hydroxylation is 1. The lowest BCUT2D eigenvalue weighted by molar-refractivity contribution is 0.669. The minimum atomic E-state index is -0.207. The van der Waals surface area contributed by atoms with E-state index in [1.54, 1.807) is 16.8 Å². The molecule has 7 nitrogen and oxygen atoms in total. The molecule has 7 heteroatoms. The molecule has 0 spiro atoms. The van der Waals surface area contributed by atoms with Crippen LogP contribution in [0.4, 0.5) is 5.69 Å². The van der Waals surface area contributed by atoms with Gasteiger partial charge in [-0.05, 0) is 61.9 Å². The van der Waals surface area contributed by atoms with E-state index in [1.165, 1.54) is 42.4 Å². The molecule has 0 amide bonds. The van der Waals surface area contributed by atoms with Gasteiger partial charge in [0.05, 0.1) is 12.7 Å². The minimum Gasteiger partial charge on any atom is -0.456 e. The number of hydrogen-bond donors (Lipinski definition) is 2. The average molecular weight is 708 g/mol. The molecule has 0 unspecified atom stereocenters. The van der Waals surface area contributed by atoms with E-state index in [9.17, 15) is 4.79 Å². The zero-order valence-electron chi connectivity index (χ0n) is 31.9. The normalized spacial score (nSPS) is 10.8. The van der Waals surface area contributed by atoms with Crippen molar-refractivity contribution >= 4 is 39.4 Å². The molecule has 0 fully saturated rings. The average Bonchev–Trinajstić information content (AvgIpc) is 3.55. The van der Waals surface area contributed by atoms with E-state index in [-0.39, 0.29) is 5.56 Å². The zero-order valence-corrected chi connectivity index (χ0v) is 31.9. The van der Waals surface area contributed by atoms with E-state index in [0.717, 1.165) is 46.0 Å². The van der Waals surface area contributed by atoms with Crippen molar-refractivity contribution in [3.63, 3.8) is 0 Å². The predicted molar refractivity (Wildman–Crippen MR) is 225 cm³/mol. The fraction of sp³-hybridized carbons (Fsp3) is 0.261. The summed E-state index contributed by atoms with van der Waals surface area (Å²) in [4.78, 5) is 22.0. The standard InChI is InChI=1S/C28H21N3O2.C13H20N2.C5H12/c1-3-4-16-31-27(20-10-6-5-7-11-20)29-18-24(28(31)32)30-19(2)21-14-15-23-22-12-8-9-13-25(22)33-26(23)17-21;1-4-5-12-6-7-15-10-13(12)8-11(2)9-14-3;1-3-5-4-2/h4-15,17-18,30H,1-2,16H2;6-8,10,14H,4-5,9H2,1-3H3;3-5H2,1-2H3/b;11-8+;. The van der Waals surface area contributed by atoms with Crippen LogP contribution >= 0.6 is 0 Å². The first kappa shape index (κ1) is 40.0. The van der Waals surface area contributed by atoms with Crippen molar-refractivity contribution in [2.45, 2.75) is 66.3 Å². The van der Waals surface area contributed by atoms with Gasteiger partial charge in [-0.15, -0.1) is 5.73 Å². The van der Waals surface area contributed by atoms with Crippen molar-refractivity contribution < 1.29 is 4.42 Å². The molecular weight excluding hydrogens is 655 g/mol. The number of hydrogen-bond acceptors (Lipinski definition) is 6. The second-order valence-electron chi connectivity index (χ2n) is 12.8. The lowest BCUT2D eigenvalue weighted by Crippen LogP contribution is -2.25. The van der Waals surface area contributed by atoms with Crippen LogP contribution in [0.1, 0.15) is 70.1 Å². The Hall–Kier alpha value is -5.75. The first-order valence-corrected chi connectivity index (χ1v) is 18.5. The summed E-state index contributed by atoms with van der Waals surface area (Å²) in [6, 6.07) is 25.5. The van der Waals surface area contributed by atoms with Gasteiger partial charge in [-0.25, -0.2) is 4.98 Å². The van der Waals surface area contributed by atoms with Gasteiger partial charge in [0.2, 0.25) is 0 Å². The van der Waals surface area contributed by atoms with Crippen LogP contribution in [0.25, 0.3) is 45.1 Å². The summed E-state index contributed by atoms with van der Waals surface area (Å²) in [5, 5.41) is 8.39. The first-order chi connectivity index (χ1) is 25.8. The Morgan fingerprint density at radius 2 is 1.66 bits per heavy atom. The monoisotopic (exact) mass is 707 g/mol. The van der Waals surface area contributed by atoms with Crippen LogP contribution in [0.3, 0.4) is 0 Å². The Morgan fingerprint density at radius 3 is 2.36 bits per heavy atom. The quantitative estimate of drug-likeness (QED) is 0.116. The molecule has 0 aliphatic carbocycles. The number of likely N-dealkylation sites (N-methyl/N-ethyl adjacent to an activating group) is 1. The molecule has 6 rings (SSSR count). The largest absolute Gasteiger partial charge is 0.456 e. The highest BCUT2D eigenvalue weighted by Crippen LogP contribution is 2.30. The molecule has 0 radical (unpaired) electrons. The van der Waals surface area contributed by atoms with Crippen LogP contribution in [-0.4, -0.2) is 28.1 Å². The predicted octanol–water partition coefficient (Wildman–Crippen LogP) is 11.1. The molecule has 53 heavy (non-hydrogen) atoms. The van der Waals surface area contributed by atoms with E-state index in [4.69, 9.17) is 4.42 Å². The first-order valence-electron chi connectivity index (χ1n) is 18.5. The van der Waals surface area contributed by atoms with Gasteiger partial charge >= 0.3 is 0 Å². The highest BCUT2D eigenvalue weighted by atomic mass is 16.3. The third-order valence-electron chi connectivity index (χ3n) is 8.54. The second kappa shape index (κ2) is 20.9. The van der Waals surface area contributed by atoms with Crippen LogP contribution in [0.5, 0.6) is 0 Å². The molecule has 3 aromatic carbocycles. The Bertz CT molecular complexity index is 2220. The van der Waals surface area contributed by atoms with Gasteiger partial charge in [-0.3, -0.25) is 14.3 Å². The lowest BCUT2D eigenvalue weighted by Gasteiger charge is -2.14. The minimum absolute atomic E-state index is 0.207. The number of anilines is 1. The van der Waals surface area contributed by atoms with E-state index < -0.39 is 0 Å². The summed E-state index contributed by atoms with van der Waals surface area (Å²) in [5.74, 6) is 0.576. The topological polar surface area (TPSA) is 85.0 Å². The summed E-state index contributed by atoms with van der Waals surface area (Å²) in [5.41, 5.74) is 10.7. The van der Waals surface area contributed by atoms with Gasteiger partial charge in [0.1, 0.15) is 22.7 Å². The van der Waals surface area contributed by atoms with Gasteiger partial charge in [0.25, 0.3) is 5.56 Å². The molecule has 3 heterocycles. The van der Waals surface area contributed by atoms with Gasteiger partial charge < -0.3 is 15.1 Å². The summed E-state index contributed by atoms with van der Waals surface area (Å²) < 4.78 is 7.57. The number of nitrogens with one attached hydrogen (secondary N) is 2. The number of para-hydroxylation sites is 1. The lowest BCUT2D eigenvalue weighted by atomic mass is 10.0. The number of benzene rings is 3. The Morgan fingerprint density at radius 1 is 0.925 bits per heavy atom. The number of allylic oxidation sites excluding steroid dienone is 1. The molecular formula is C46H53N5O2. The summed E-state index contributed by atoms with van der Waals surface area (Å²) >= 11 is 0. The zero-order chi connectivity index (χ0) is 38.0. The van der Waals surface area contributed by atoms with Crippen LogP contribution < -0.4 is 16.2 Å². The van der Waals surface area contributed by atoms with Crippen LogP contribution in [0, 0.1) is 0 Å². The number of fused-ring (bicyclic) bond motifs is 3. The van der Waals surface area contributed by atoms with Crippen molar-refractivity contribution in [3.05, 3.63) is 155 Å². The maximum absolute atomic E-state index is 13.3. The Balaban J connectivity index is 0.000000261. The van der Waals surface area contributed by atoms with E-state index >= 15 is 0 Å². The van der Waals surface area contributed by atoms with E-state index in [1.807, 2.05) is 92.2 Å². The van der Waals surface area contributed by atoms with Crippen molar-refractivity contribution in [3.8, 4) is 11.4 Å². The number of unbranched alkanes of at least 4 members (excludes halogenated alkanes) is 2. The number of nitrogens with zero attached hydrogens (tertiary/aromatic N) is 3. The summed E-state index contributed by atoms with van der Waals surface area (Å²) in [6.07, 6.45) is 15.7. The van der Waals surface area contributed by atoms with Crippen LogP contribution in [-0.2, 0) is 13.0 Å². The fourth-order valence-electron chi connectivity index (χ4n) is 5.88. The summed E-state index contributed by atoms with van der Waals surface area (Å²) in [6.45, 7) is 17.7. The molecule has 3 aromatic heterocycles. The second-order valence-corrected chi connectivity index (χ2v) is 12.8. The maximum atomic E-state index is 13.3. The Kier molecular flexibility index (Phi) is 15.8. The van der Waals surface area contributed by atoms with Gasteiger partial charge in [0.15, 0.2) is 0 Å². The van der Waals surface area contributed by atoms with E-state index in [2.05, 4.69) is 79.3 Å². The molecule has 0 saturated carbocycles. The van der Waals surface area contributed by atoms with Gasteiger partial charge in [-0.1, -0.05) is 126 Å². The Labute approximate surface area is 314 Å². The molecule has 2 N–H and O–H groups in total. The third-order valence-corrected chi connectivity index (χ3v) is 8.54. The molecule has 274 valence electrons. The maximum Gasteiger partial charge on any atom is 0.277 e. The number of aromatic nitrogens is 3. The van der Waals surface area contributed by atoms with E-state index in [0.29, 0.717) is 23.8 Å². The molecule has 0 aliphatic heterocycles. The molecule has 0 aliphatic rings. The third kappa shape index (κ3) is 11.1. The number of pyridine rings is 1. The molecule has 0 saturated heterocycles. The van der Waals surface area contributed by atoms with Crippen molar-refractivity contribution in [1.29, 1.82) is 0 Å². The SMILES string of the molecule is C=C=CCn1c(-c2ccccc2)ncc(NC(=C)c2ccc3c(c2)oc2ccccc23)c1=O.CCCCC.CCCc1ccncc1/C=C(\C)CNC. The molecule has 0 bridgehead atoms. The molecule has 0 atom stereocenters. The van der Waals surface area contributed by atoms with Crippen LogP contribution in [0.2, 0.25) is 0 Å². The van der Waals surface area contributed by atoms with Crippen LogP contribution in [0.15, 0.2) is 137 Å². The number of furan rings is 1. The van der Waals surface area contributed by atoms with Gasteiger partial charge in [-0.2, -0.15) is 0 Å². The van der Waals surface area contributed by atoms with Gasteiger partial charge in [0, 0.05) is 46.5 Å².